The van der Waals surface area contributed by atoms with Crippen molar-refractivity contribution >= 4 is 37.5 Å². The summed E-state index contributed by atoms with van der Waals surface area (Å²) in [6.45, 7) is 0. The zero-order valence-corrected chi connectivity index (χ0v) is 12.5. The highest BCUT2D eigenvalue weighted by Crippen LogP contribution is 2.36. The van der Waals surface area contributed by atoms with Gasteiger partial charge in [-0.3, -0.25) is 0 Å². The van der Waals surface area contributed by atoms with E-state index >= 15 is 0 Å². The lowest BCUT2D eigenvalue weighted by Gasteiger charge is -2.07. The predicted octanol–water partition coefficient (Wildman–Crippen LogP) is 5.03. The van der Waals surface area contributed by atoms with Crippen molar-refractivity contribution in [1.29, 1.82) is 0 Å². The largest absolute Gasteiger partial charge is 0.497 e. The van der Waals surface area contributed by atoms with Crippen LogP contribution in [0, 0.1) is 0 Å². The lowest BCUT2D eigenvalue weighted by molar-refractivity contribution is 0.193. The molecule has 0 amide bonds. The summed E-state index contributed by atoms with van der Waals surface area (Å²) in [5.74, 6) is 2.10. The lowest BCUT2D eigenvalue weighted by Crippen LogP contribution is -2.06. The molecule has 0 saturated heterocycles. The maximum atomic E-state index is 5.40. The van der Waals surface area contributed by atoms with Crippen LogP contribution in [0.3, 0.4) is 0 Å². The molecule has 0 N–H and O–H groups in total. The molecule has 0 spiro atoms. The summed E-state index contributed by atoms with van der Waals surface area (Å²) in [4.78, 5) is 0. The molecule has 1 atom stereocenters. The number of ether oxygens (including phenoxy) is 1. The third-order valence-corrected chi connectivity index (χ3v) is 6.55. The molecule has 1 aromatic carbocycles. The second-order valence-electron chi connectivity index (χ2n) is 3.82. The van der Waals surface area contributed by atoms with E-state index in [0.29, 0.717) is 6.10 Å². The van der Waals surface area contributed by atoms with Crippen LogP contribution >= 0.6 is 31.4 Å². The van der Waals surface area contributed by atoms with E-state index in [-0.39, 0.29) is 0 Å². The summed E-state index contributed by atoms with van der Waals surface area (Å²) in [5.41, 5.74) is 1.26. The molecule has 0 fully saturated rings. The van der Waals surface area contributed by atoms with Crippen LogP contribution in [0.4, 0.5) is 0 Å². The van der Waals surface area contributed by atoms with Gasteiger partial charge in [-0.25, -0.2) is 0 Å². The molecule has 0 aromatic heterocycles. The Morgan fingerprint density at radius 2 is 2.11 bits per heavy atom. The fraction of sp³-hybridized carbons (Fsp3) is 0.286. The molecule has 1 nitrogen and oxygen atoms in total. The molecule has 96 valence electrons. The van der Waals surface area contributed by atoms with Gasteiger partial charge in [-0.2, -0.15) is 0 Å². The van der Waals surface area contributed by atoms with Crippen molar-refractivity contribution in [2.45, 2.75) is 12.5 Å². The molecular weight excluding hydrogens is 280 g/mol. The van der Waals surface area contributed by atoms with Crippen LogP contribution in [0.5, 0.6) is 0 Å². The van der Waals surface area contributed by atoms with Gasteiger partial charge >= 0.3 is 0 Å². The Morgan fingerprint density at radius 3 is 2.89 bits per heavy atom. The van der Waals surface area contributed by atoms with E-state index < -0.39 is 0 Å². The van der Waals surface area contributed by atoms with Gasteiger partial charge in [0.25, 0.3) is 0 Å². The number of hydrogen-bond donors (Lipinski definition) is 0. The van der Waals surface area contributed by atoms with Crippen LogP contribution in [-0.4, -0.2) is 17.6 Å². The third-order valence-electron chi connectivity index (χ3n) is 2.39. The fourth-order valence-corrected chi connectivity index (χ4v) is 5.05. The van der Waals surface area contributed by atoms with Gasteiger partial charge < -0.3 is 4.74 Å². The maximum absolute atomic E-state index is 5.40. The molecule has 0 saturated carbocycles. The Balaban J connectivity index is 1.49. The molecule has 1 unspecified atom stereocenters. The minimum Gasteiger partial charge on any atom is -0.497 e. The quantitative estimate of drug-likeness (QED) is 0.515. The first-order chi connectivity index (χ1) is 8.95. The van der Waals surface area contributed by atoms with Crippen molar-refractivity contribution in [3.63, 3.8) is 0 Å². The number of rotatable bonds is 7. The summed E-state index contributed by atoms with van der Waals surface area (Å²) in [6, 6.07) is 10.4. The molecule has 0 bridgehead atoms. The lowest BCUT2D eigenvalue weighted by atomic mass is 10.2. The van der Waals surface area contributed by atoms with Crippen molar-refractivity contribution in [3.8, 4) is 0 Å². The molecule has 1 aliphatic rings. The van der Waals surface area contributed by atoms with Gasteiger partial charge in [-0.05, 0) is 21.5 Å². The zero-order chi connectivity index (χ0) is 12.5. The van der Waals surface area contributed by atoms with Crippen LogP contribution in [0.1, 0.15) is 12.0 Å². The molecule has 18 heavy (non-hydrogen) atoms. The maximum Gasteiger partial charge on any atom is 0.111 e. The zero-order valence-electron chi connectivity index (χ0n) is 10.0. The van der Waals surface area contributed by atoms with Crippen molar-refractivity contribution in [2.75, 3.05) is 11.5 Å². The number of hydrogen-bond acceptors (Lipinski definition) is 4. The molecule has 1 aliphatic heterocycles. The summed E-state index contributed by atoms with van der Waals surface area (Å²) >= 11 is 0. The summed E-state index contributed by atoms with van der Waals surface area (Å²) < 4.78 is 5.40. The molecule has 0 radical (unpaired) electrons. The Hall–Kier alpha value is -0.450. The smallest absolute Gasteiger partial charge is 0.111 e. The second-order valence-corrected chi connectivity index (χ2v) is 8.14. The van der Waals surface area contributed by atoms with Gasteiger partial charge in [0.1, 0.15) is 6.10 Å². The minimum atomic E-state index is 0.392. The summed E-state index contributed by atoms with van der Waals surface area (Å²) in [5, 5.41) is 0. The summed E-state index contributed by atoms with van der Waals surface area (Å²) in [6.07, 6.45) is 9.73. The Kier molecular flexibility index (Phi) is 6.69. The van der Waals surface area contributed by atoms with E-state index in [1.807, 2.05) is 43.7 Å². The third kappa shape index (κ3) is 5.46. The van der Waals surface area contributed by atoms with Crippen molar-refractivity contribution in [1.82, 2.24) is 0 Å². The van der Waals surface area contributed by atoms with E-state index in [4.69, 9.17) is 4.74 Å². The predicted molar refractivity (Wildman–Crippen MR) is 86.6 cm³/mol. The topological polar surface area (TPSA) is 9.23 Å². The van der Waals surface area contributed by atoms with Gasteiger partial charge in [-0.1, -0.05) is 64.1 Å². The van der Waals surface area contributed by atoms with Crippen molar-refractivity contribution in [3.05, 3.63) is 54.3 Å². The van der Waals surface area contributed by atoms with Gasteiger partial charge in [0.05, 0.1) is 6.26 Å². The van der Waals surface area contributed by atoms with Crippen LogP contribution in [-0.2, 0) is 4.74 Å². The first-order valence-corrected chi connectivity index (χ1v) is 9.70. The average Bonchev–Trinajstić information content (AvgIpc) is 2.92. The number of benzene rings is 1. The highest BCUT2D eigenvalue weighted by molar-refractivity contribution is 9.09. The van der Waals surface area contributed by atoms with E-state index in [1.54, 1.807) is 0 Å². The average molecular weight is 296 g/mol. The van der Waals surface area contributed by atoms with Crippen LogP contribution < -0.4 is 0 Å². The van der Waals surface area contributed by atoms with Gasteiger partial charge in [0.15, 0.2) is 0 Å². The van der Waals surface area contributed by atoms with E-state index in [0.717, 1.165) is 17.9 Å². The normalized spacial score (nSPS) is 18.3. The van der Waals surface area contributed by atoms with Crippen LogP contribution in [0.25, 0.3) is 6.08 Å². The van der Waals surface area contributed by atoms with Crippen LogP contribution in [0.15, 0.2) is 48.7 Å². The molecule has 0 aliphatic carbocycles. The molecule has 1 heterocycles. The fourth-order valence-electron chi connectivity index (χ4n) is 1.49. The molecule has 2 rings (SSSR count). The Bertz CT molecular complexity index is 381. The first kappa shape index (κ1) is 14.0. The van der Waals surface area contributed by atoms with E-state index in [9.17, 15) is 0 Å². The Labute approximate surface area is 120 Å². The van der Waals surface area contributed by atoms with Crippen molar-refractivity contribution in [2.24, 2.45) is 0 Å². The summed E-state index contributed by atoms with van der Waals surface area (Å²) in [7, 11) is 5.60. The van der Waals surface area contributed by atoms with E-state index in [1.165, 1.54) is 5.56 Å². The second kappa shape index (κ2) is 8.62. The first-order valence-electron chi connectivity index (χ1n) is 5.88. The van der Waals surface area contributed by atoms with Crippen LogP contribution in [0.2, 0.25) is 0 Å². The van der Waals surface area contributed by atoms with E-state index in [2.05, 4.69) is 42.5 Å². The molecular formula is C14H16OS3. The standard InChI is InChI=1S/C14H16OS3/c1-2-6-13(7-3-1)8-5-11-16-18-17-12-14-9-4-10-15-14/h1-8,10,14H,9,11-12H2/b8-5+. The minimum absolute atomic E-state index is 0.392. The molecule has 4 heteroatoms. The highest BCUT2D eigenvalue weighted by Gasteiger charge is 2.10. The SMILES string of the molecule is C1=COC(CSSSC/C=C/c2ccccc2)C1. The monoisotopic (exact) mass is 296 g/mol. The van der Waals surface area contributed by atoms with Gasteiger partial charge in [-0.15, -0.1) is 0 Å². The highest BCUT2D eigenvalue weighted by atomic mass is 33.5. The van der Waals surface area contributed by atoms with Gasteiger partial charge in [0, 0.05) is 17.9 Å². The van der Waals surface area contributed by atoms with Gasteiger partial charge in [0.2, 0.25) is 0 Å². The Morgan fingerprint density at radius 1 is 1.22 bits per heavy atom. The van der Waals surface area contributed by atoms with Crippen molar-refractivity contribution < 1.29 is 4.74 Å². The molecule has 1 aromatic rings.